The molecule has 1 aromatic heterocycles. The molecule has 2 aromatic carbocycles. The minimum absolute atomic E-state index is 0.136. The Kier molecular flexibility index (Phi) is 6.03. The number of sulfonamides is 1. The maximum atomic E-state index is 13.1. The fraction of sp³-hybridized carbons (Fsp3) is 0.304. The number of aromatic nitrogens is 2. The lowest BCUT2D eigenvalue weighted by atomic mass is 10.2. The maximum absolute atomic E-state index is 13.1. The number of methoxy groups -OCH3 is 1. The molecule has 1 aliphatic rings. The van der Waals surface area contributed by atoms with Gasteiger partial charge in [-0.25, -0.2) is 13.1 Å². The second-order valence-corrected chi connectivity index (χ2v) is 9.70. The van der Waals surface area contributed by atoms with Crippen LogP contribution in [0.15, 0.2) is 59.6 Å². The number of aryl methyl sites for hydroxylation is 1. The molecule has 9 heteroatoms. The summed E-state index contributed by atoms with van der Waals surface area (Å²) in [5, 5.41) is 4.40. The van der Waals surface area contributed by atoms with Crippen molar-refractivity contribution in [3.8, 4) is 11.4 Å². The minimum atomic E-state index is -3.62. The summed E-state index contributed by atoms with van der Waals surface area (Å²) in [4.78, 5) is 15.0. The average Bonchev–Trinajstić information content (AvgIpc) is 3.20. The highest BCUT2D eigenvalue weighted by Crippen LogP contribution is 2.22. The van der Waals surface area contributed by atoms with E-state index in [0.29, 0.717) is 24.4 Å². The summed E-state index contributed by atoms with van der Waals surface area (Å²) in [6, 6.07) is 14.2. The number of nitrogens with zero attached hydrogens (tertiary/aromatic N) is 4. The van der Waals surface area contributed by atoms with Crippen LogP contribution in [0.5, 0.6) is 5.75 Å². The Labute approximate surface area is 188 Å². The summed E-state index contributed by atoms with van der Waals surface area (Å²) in [5.41, 5.74) is 3.29. The molecule has 0 bridgehead atoms. The zero-order chi connectivity index (χ0) is 22.9. The van der Waals surface area contributed by atoms with E-state index in [0.717, 1.165) is 16.9 Å². The Morgan fingerprint density at radius 1 is 1.00 bits per heavy atom. The lowest BCUT2D eigenvalue weighted by molar-refractivity contribution is 0.0697. The van der Waals surface area contributed by atoms with Gasteiger partial charge >= 0.3 is 0 Å². The summed E-state index contributed by atoms with van der Waals surface area (Å²) in [7, 11) is -2.09. The van der Waals surface area contributed by atoms with Crippen LogP contribution < -0.4 is 4.74 Å². The van der Waals surface area contributed by atoms with Crippen LogP contribution in [-0.4, -0.2) is 66.6 Å². The molecular formula is C23H26N4O4S. The van der Waals surface area contributed by atoms with Crippen molar-refractivity contribution in [2.45, 2.75) is 18.7 Å². The predicted octanol–water partition coefficient (Wildman–Crippen LogP) is 2.64. The molecule has 1 saturated heterocycles. The average molecular weight is 455 g/mol. The summed E-state index contributed by atoms with van der Waals surface area (Å²) in [6.07, 6.45) is 1.58. The van der Waals surface area contributed by atoms with Gasteiger partial charge in [0.2, 0.25) is 10.0 Å². The first kappa shape index (κ1) is 22.0. The van der Waals surface area contributed by atoms with Crippen LogP contribution in [0.3, 0.4) is 0 Å². The number of hydrogen-bond donors (Lipinski definition) is 0. The first-order valence-electron chi connectivity index (χ1n) is 10.4. The van der Waals surface area contributed by atoms with Crippen molar-refractivity contribution in [1.82, 2.24) is 19.0 Å². The van der Waals surface area contributed by atoms with E-state index < -0.39 is 10.0 Å². The summed E-state index contributed by atoms with van der Waals surface area (Å²) in [6.45, 7) is 5.00. The van der Waals surface area contributed by atoms with E-state index in [1.165, 1.54) is 23.5 Å². The molecule has 1 aliphatic heterocycles. The topological polar surface area (TPSA) is 84.7 Å². The normalized spacial score (nSPS) is 15.0. The molecule has 1 fully saturated rings. The van der Waals surface area contributed by atoms with Crippen molar-refractivity contribution >= 4 is 15.9 Å². The largest absolute Gasteiger partial charge is 0.497 e. The van der Waals surface area contributed by atoms with Crippen LogP contribution >= 0.6 is 0 Å². The van der Waals surface area contributed by atoms with Crippen molar-refractivity contribution in [2.24, 2.45) is 0 Å². The standard InChI is InChI=1S/C23H26N4O4S/c1-17-5-4-6-19(15-17)27-18(2)22(16-24-27)23(28)25-11-13-26(14-12-25)32(29,30)21-9-7-20(31-3)8-10-21/h4-10,15-16H,11-14H2,1-3H3. The van der Waals surface area contributed by atoms with Gasteiger partial charge in [-0.1, -0.05) is 12.1 Å². The first-order valence-corrected chi connectivity index (χ1v) is 11.8. The molecule has 2 heterocycles. The number of benzene rings is 2. The molecule has 0 N–H and O–H groups in total. The molecule has 0 aliphatic carbocycles. The van der Waals surface area contributed by atoms with E-state index in [1.807, 2.05) is 38.1 Å². The number of rotatable bonds is 5. The minimum Gasteiger partial charge on any atom is -0.497 e. The molecular weight excluding hydrogens is 428 g/mol. The lowest BCUT2D eigenvalue weighted by Gasteiger charge is -2.34. The number of piperazine rings is 1. The second kappa shape index (κ2) is 8.76. The van der Waals surface area contributed by atoms with Crippen molar-refractivity contribution in [3.63, 3.8) is 0 Å². The van der Waals surface area contributed by atoms with E-state index >= 15 is 0 Å². The number of ether oxygens (including phenoxy) is 1. The fourth-order valence-corrected chi connectivity index (χ4v) is 5.26. The highest BCUT2D eigenvalue weighted by molar-refractivity contribution is 7.89. The molecule has 32 heavy (non-hydrogen) atoms. The zero-order valence-corrected chi connectivity index (χ0v) is 19.2. The number of carbonyl (C=O) groups excluding carboxylic acids is 1. The lowest BCUT2D eigenvalue weighted by Crippen LogP contribution is -2.50. The van der Waals surface area contributed by atoms with Gasteiger partial charge in [0.25, 0.3) is 5.91 Å². The predicted molar refractivity (Wildman–Crippen MR) is 121 cm³/mol. The summed E-state index contributed by atoms with van der Waals surface area (Å²) in [5.74, 6) is 0.462. The van der Waals surface area contributed by atoms with Crippen LogP contribution in [0.4, 0.5) is 0 Å². The van der Waals surface area contributed by atoms with Crippen molar-refractivity contribution in [1.29, 1.82) is 0 Å². The Morgan fingerprint density at radius 2 is 1.69 bits per heavy atom. The molecule has 0 saturated carbocycles. The third-order valence-corrected chi connectivity index (χ3v) is 7.62. The molecule has 168 valence electrons. The van der Waals surface area contributed by atoms with Gasteiger partial charge in [0.05, 0.1) is 35.1 Å². The van der Waals surface area contributed by atoms with E-state index in [2.05, 4.69) is 5.10 Å². The first-order chi connectivity index (χ1) is 15.3. The molecule has 0 radical (unpaired) electrons. The van der Waals surface area contributed by atoms with Crippen molar-refractivity contribution < 1.29 is 17.9 Å². The van der Waals surface area contributed by atoms with Crippen LogP contribution in [-0.2, 0) is 10.0 Å². The highest BCUT2D eigenvalue weighted by atomic mass is 32.2. The van der Waals surface area contributed by atoms with Crippen LogP contribution in [0.1, 0.15) is 21.6 Å². The SMILES string of the molecule is COc1ccc(S(=O)(=O)N2CCN(C(=O)c3cnn(-c4cccc(C)c4)c3C)CC2)cc1. The molecule has 0 atom stereocenters. The van der Waals surface area contributed by atoms with Gasteiger partial charge in [-0.2, -0.15) is 9.40 Å². The number of carbonyl (C=O) groups is 1. The van der Waals surface area contributed by atoms with Crippen molar-refractivity contribution in [2.75, 3.05) is 33.3 Å². The molecule has 1 amide bonds. The van der Waals surface area contributed by atoms with E-state index in [1.54, 1.807) is 27.9 Å². The van der Waals surface area contributed by atoms with Gasteiger partial charge in [-0.15, -0.1) is 0 Å². The van der Waals surface area contributed by atoms with E-state index in [9.17, 15) is 13.2 Å². The zero-order valence-electron chi connectivity index (χ0n) is 18.4. The molecule has 3 aromatic rings. The Morgan fingerprint density at radius 3 is 2.31 bits per heavy atom. The van der Waals surface area contributed by atoms with Crippen LogP contribution in [0, 0.1) is 13.8 Å². The number of hydrogen-bond acceptors (Lipinski definition) is 5. The molecule has 8 nitrogen and oxygen atoms in total. The monoisotopic (exact) mass is 454 g/mol. The van der Waals surface area contributed by atoms with Crippen LogP contribution in [0.25, 0.3) is 5.69 Å². The highest BCUT2D eigenvalue weighted by Gasteiger charge is 2.31. The fourth-order valence-electron chi connectivity index (χ4n) is 3.84. The summed E-state index contributed by atoms with van der Waals surface area (Å²) < 4.78 is 34.2. The molecule has 4 rings (SSSR count). The van der Waals surface area contributed by atoms with Crippen LogP contribution in [0.2, 0.25) is 0 Å². The van der Waals surface area contributed by atoms with Gasteiger partial charge < -0.3 is 9.64 Å². The second-order valence-electron chi connectivity index (χ2n) is 7.77. The third-order valence-electron chi connectivity index (χ3n) is 5.71. The maximum Gasteiger partial charge on any atom is 0.257 e. The van der Waals surface area contributed by atoms with Gasteiger partial charge in [0.15, 0.2) is 0 Å². The van der Waals surface area contributed by atoms with Gasteiger partial charge in [0.1, 0.15) is 5.75 Å². The quantitative estimate of drug-likeness (QED) is 0.592. The van der Waals surface area contributed by atoms with Gasteiger partial charge in [-0.3, -0.25) is 4.79 Å². The Balaban J connectivity index is 1.46. The van der Waals surface area contributed by atoms with E-state index in [4.69, 9.17) is 4.74 Å². The number of amides is 1. The van der Waals surface area contributed by atoms with Gasteiger partial charge in [0, 0.05) is 26.2 Å². The van der Waals surface area contributed by atoms with Crippen molar-refractivity contribution in [3.05, 3.63) is 71.5 Å². The molecule has 0 unspecified atom stereocenters. The summed E-state index contributed by atoms with van der Waals surface area (Å²) >= 11 is 0. The van der Waals surface area contributed by atoms with E-state index in [-0.39, 0.29) is 23.9 Å². The smallest absolute Gasteiger partial charge is 0.257 e. The Hall–Kier alpha value is -3.17. The van der Waals surface area contributed by atoms with Gasteiger partial charge in [-0.05, 0) is 55.8 Å². The Bertz CT molecular complexity index is 1230. The molecule has 0 spiro atoms. The third kappa shape index (κ3) is 4.13.